The highest BCUT2D eigenvalue weighted by atomic mass is 16.5. The smallest absolute Gasteiger partial charge is 0.161 e. The van der Waals surface area contributed by atoms with E-state index in [0.717, 1.165) is 17.1 Å². The number of nitrogens with one attached hydrogen (secondary N) is 1. The molecule has 4 heteroatoms. The zero-order valence-corrected chi connectivity index (χ0v) is 12.3. The Morgan fingerprint density at radius 1 is 1.26 bits per heavy atom. The first-order valence-corrected chi connectivity index (χ1v) is 6.76. The van der Waals surface area contributed by atoms with E-state index in [4.69, 9.17) is 9.47 Å². The highest BCUT2D eigenvalue weighted by molar-refractivity contribution is 5.42. The molecule has 0 bridgehead atoms. The van der Waals surface area contributed by atoms with E-state index in [1.165, 1.54) is 0 Å². The molecule has 0 heterocycles. The van der Waals surface area contributed by atoms with Crippen LogP contribution in [0.4, 0.5) is 0 Å². The monoisotopic (exact) mass is 267 g/mol. The largest absolute Gasteiger partial charge is 0.493 e. The van der Waals surface area contributed by atoms with Crippen LogP contribution in [0.5, 0.6) is 11.5 Å². The number of aliphatic hydroxyl groups excluding tert-OH is 1. The van der Waals surface area contributed by atoms with Gasteiger partial charge in [-0.3, -0.25) is 0 Å². The van der Waals surface area contributed by atoms with Gasteiger partial charge < -0.3 is 19.9 Å². The Kier molecular flexibility index (Phi) is 6.67. The fraction of sp³-hybridized carbons (Fsp3) is 0.600. The second kappa shape index (κ2) is 8.02. The molecule has 0 unspecified atom stereocenters. The summed E-state index contributed by atoms with van der Waals surface area (Å²) in [6, 6.07) is 6.00. The van der Waals surface area contributed by atoms with Crippen molar-refractivity contribution in [1.29, 1.82) is 0 Å². The van der Waals surface area contributed by atoms with Crippen LogP contribution in [0.2, 0.25) is 0 Å². The molecule has 0 aliphatic heterocycles. The van der Waals surface area contributed by atoms with E-state index in [2.05, 4.69) is 19.2 Å². The first-order valence-electron chi connectivity index (χ1n) is 6.76. The van der Waals surface area contributed by atoms with Crippen LogP contribution >= 0.6 is 0 Å². The summed E-state index contributed by atoms with van der Waals surface area (Å²) in [5.74, 6) is 1.90. The summed E-state index contributed by atoms with van der Waals surface area (Å²) < 4.78 is 10.8. The number of methoxy groups -OCH3 is 1. The Morgan fingerprint density at radius 2 is 2.00 bits per heavy atom. The third kappa shape index (κ3) is 4.73. The molecule has 2 N–H and O–H groups in total. The Labute approximate surface area is 115 Å². The molecule has 0 fully saturated rings. The van der Waals surface area contributed by atoms with E-state index < -0.39 is 0 Å². The minimum Gasteiger partial charge on any atom is -0.493 e. The van der Waals surface area contributed by atoms with Crippen LogP contribution in [0, 0.1) is 5.92 Å². The first kappa shape index (κ1) is 15.8. The molecule has 0 saturated heterocycles. The summed E-state index contributed by atoms with van der Waals surface area (Å²) in [5.41, 5.74) is 1.11. The van der Waals surface area contributed by atoms with Crippen LogP contribution < -0.4 is 14.8 Å². The van der Waals surface area contributed by atoms with E-state index in [9.17, 15) is 5.11 Å². The van der Waals surface area contributed by atoms with E-state index in [1.807, 2.05) is 25.1 Å². The maximum absolute atomic E-state index is 9.29. The lowest BCUT2D eigenvalue weighted by Gasteiger charge is -2.20. The molecule has 1 atom stereocenters. The molecule has 4 nitrogen and oxygen atoms in total. The second-order valence-corrected chi connectivity index (χ2v) is 4.83. The van der Waals surface area contributed by atoms with E-state index in [-0.39, 0.29) is 12.6 Å². The molecule has 19 heavy (non-hydrogen) atoms. The van der Waals surface area contributed by atoms with Crippen molar-refractivity contribution in [3.63, 3.8) is 0 Å². The average Bonchev–Trinajstić information content (AvgIpc) is 2.40. The van der Waals surface area contributed by atoms with Gasteiger partial charge in [-0.1, -0.05) is 19.9 Å². The molecule has 0 aliphatic carbocycles. The van der Waals surface area contributed by atoms with Crippen molar-refractivity contribution in [3.05, 3.63) is 23.8 Å². The summed E-state index contributed by atoms with van der Waals surface area (Å²) in [7, 11) is 1.64. The Morgan fingerprint density at radius 3 is 2.53 bits per heavy atom. The molecule has 0 spiro atoms. The van der Waals surface area contributed by atoms with Gasteiger partial charge in [0.2, 0.25) is 0 Å². The van der Waals surface area contributed by atoms with Crippen molar-refractivity contribution >= 4 is 0 Å². The third-order valence-electron chi connectivity index (χ3n) is 3.10. The molecule has 0 aliphatic rings. The van der Waals surface area contributed by atoms with Crippen molar-refractivity contribution in [2.75, 3.05) is 20.3 Å². The summed E-state index contributed by atoms with van der Waals surface area (Å²) >= 11 is 0. The topological polar surface area (TPSA) is 50.7 Å². The van der Waals surface area contributed by atoms with Crippen LogP contribution in [-0.2, 0) is 6.54 Å². The summed E-state index contributed by atoms with van der Waals surface area (Å²) in [4.78, 5) is 0. The van der Waals surface area contributed by atoms with Crippen LogP contribution in [0.15, 0.2) is 18.2 Å². The number of ether oxygens (including phenoxy) is 2. The zero-order chi connectivity index (χ0) is 14.3. The molecule has 1 rings (SSSR count). The van der Waals surface area contributed by atoms with Gasteiger partial charge in [0.05, 0.1) is 20.3 Å². The van der Waals surface area contributed by atoms with Gasteiger partial charge >= 0.3 is 0 Å². The molecule has 1 aromatic rings. The molecule has 0 saturated carbocycles. The van der Waals surface area contributed by atoms with Gasteiger partial charge in [0.25, 0.3) is 0 Å². The third-order valence-corrected chi connectivity index (χ3v) is 3.10. The number of hydrogen-bond donors (Lipinski definition) is 2. The second-order valence-electron chi connectivity index (χ2n) is 4.83. The van der Waals surface area contributed by atoms with Crippen molar-refractivity contribution in [1.82, 2.24) is 5.32 Å². The van der Waals surface area contributed by atoms with Gasteiger partial charge in [-0.25, -0.2) is 0 Å². The molecule has 1 aromatic carbocycles. The molecular formula is C15H25NO3. The molecule has 0 amide bonds. The Bertz CT molecular complexity index is 380. The first-order chi connectivity index (χ1) is 9.12. The SMILES string of the molecule is CCOc1cc(CN[C@H](CO)C(C)C)ccc1OC. The maximum atomic E-state index is 9.29. The number of hydrogen-bond acceptors (Lipinski definition) is 4. The lowest BCUT2D eigenvalue weighted by atomic mass is 10.0. The minimum absolute atomic E-state index is 0.109. The van der Waals surface area contributed by atoms with Gasteiger partial charge in [-0.15, -0.1) is 0 Å². The molecular weight excluding hydrogens is 242 g/mol. The fourth-order valence-electron chi connectivity index (χ4n) is 1.86. The molecule has 0 radical (unpaired) electrons. The number of benzene rings is 1. The molecule has 108 valence electrons. The lowest BCUT2D eigenvalue weighted by Crippen LogP contribution is -2.36. The van der Waals surface area contributed by atoms with Crippen molar-refractivity contribution in [3.8, 4) is 11.5 Å². The average molecular weight is 267 g/mol. The van der Waals surface area contributed by atoms with E-state index >= 15 is 0 Å². The highest BCUT2D eigenvalue weighted by Gasteiger charge is 2.12. The van der Waals surface area contributed by atoms with Gasteiger partial charge in [0, 0.05) is 12.6 Å². The van der Waals surface area contributed by atoms with Crippen LogP contribution in [0.3, 0.4) is 0 Å². The Balaban J connectivity index is 2.70. The van der Waals surface area contributed by atoms with E-state index in [1.54, 1.807) is 7.11 Å². The Hall–Kier alpha value is -1.26. The standard InChI is InChI=1S/C15H25NO3/c1-5-19-15-8-12(6-7-14(15)18-4)9-16-13(10-17)11(2)3/h6-8,11,13,16-17H,5,9-10H2,1-4H3/t13-/m1/s1. The van der Waals surface area contributed by atoms with E-state index in [0.29, 0.717) is 19.1 Å². The normalized spacial score (nSPS) is 12.5. The van der Waals surface area contributed by atoms with Crippen molar-refractivity contribution in [2.24, 2.45) is 5.92 Å². The lowest BCUT2D eigenvalue weighted by molar-refractivity contribution is 0.210. The number of aliphatic hydroxyl groups is 1. The van der Waals surface area contributed by atoms with Crippen LogP contribution in [0.25, 0.3) is 0 Å². The maximum Gasteiger partial charge on any atom is 0.161 e. The van der Waals surface area contributed by atoms with Crippen LogP contribution in [0.1, 0.15) is 26.3 Å². The fourth-order valence-corrected chi connectivity index (χ4v) is 1.86. The van der Waals surface area contributed by atoms with Gasteiger partial charge in [-0.2, -0.15) is 0 Å². The minimum atomic E-state index is 0.109. The predicted molar refractivity (Wildman–Crippen MR) is 76.7 cm³/mol. The number of rotatable bonds is 8. The summed E-state index contributed by atoms with van der Waals surface area (Å²) in [6.45, 7) is 7.59. The predicted octanol–water partition coefficient (Wildman–Crippen LogP) is 2.20. The zero-order valence-electron chi connectivity index (χ0n) is 12.3. The summed E-state index contributed by atoms with van der Waals surface area (Å²) in [6.07, 6.45) is 0. The summed E-state index contributed by atoms with van der Waals surface area (Å²) in [5, 5.41) is 12.6. The van der Waals surface area contributed by atoms with Crippen molar-refractivity contribution in [2.45, 2.75) is 33.4 Å². The van der Waals surface area contributed by atoms with Gasteiger partial charge in [0.15, 0.2) is 11.5 Å². The quantitative estimate of drug-likeness (QED) is 0.758. The van der Waals surface area contributed by atoms with Gasteiger partial charge in [-0.05, 0) is 30.5 Å². The highest BCUT2D eigenvalue weighted by Crippen LogP contribution is 2.28. The molecule has 0 aromatic heterocycles. The van der Waals surface area contributed by atoms with Crippen molar-refractivity contribution < 1.29 is 14.6 Å². The van der Waals surface area contributed by atoms with Gasteiger partial charge in [0.1, 0.15) is 0 Å². The van der Waals surface area contributed by atoms with Crippen LogP contribution in [-0.4, -0.2) is 31.5 Å².